The van der Waals surface area contributed by atoms with Crippen molar-refractivity contribution in [2.45, 2.75) is 25.8 Å². The molecule has 4 rings (SSSR count). The van der Waals surface area contributed by atoms with E-state index in [9.17, 15) is 9.18 Å². The summed E-state index contributed by atoms with van der Waals surface area (Å²) >= 11 is 0. The monoisotopic (exact) mass is 353 g/mol. The average molecular weight is 353 g/mol. The highest BCUT2D eigenvalue weighted by atomic mass is 19.1. The molecular formula is C19H20FN5O. The number of aromatic nitrogens is 3. The van der Waals surface area contributed by atoms with E-state index in [0.717, 1.165) is 29.4 Å². The molecule has 1 aliphatic heterocycles. The van der Waals surface area contributed by atoms with E-state index in [1.165, 1.54) is 6.07 Å². The Morgan fingerprint density at radius 1 is 1.19 bits per heavy atom. The summed E-state index contributed by atoms with van der Waals surface area (Å²) in [6, 6.07) is 12.2. The lowest BCUT2D eigenvalue weighted by Crippen LogP contribution is -2.41. The summed E-state index contributed by atoms with van der Waals surface area (Å²) in [6.45, 7) is 3.22. The molecule has 0 saturated carbocycles. The van der Waals surface area contributed by atoms with Gasteiger partial charge in [-0.25, -0.2) is 13.9 Å². The number of hydrogen-bond donors (Lipinski definition) is 1. The van der Waals surface area contributed by atoms with Gasteiger partial charge >= 0.3 is 6.03 Å². The van der Waals surface area contributed by atoms with Gasteiger partial charge < -0.3 is 10.2 Å². The van der Waals surface area contributed by atoms with Crippen LogP contribution < -0.4 is 5.32 Å². The number of carbonyl (C=O) groups excluding carboxylic acids is 1. The minimum Gasteiger partial charge on any atom is -0.324 e. The maximum absolute atomic E-state index is 13.7. The van der Waals surface area contributed by atoms with Crippen LogP contribution in [0.4, 0.5) is 14.9 Å². The highest BCUT2D eigenvalue weighted by molar-refractivity contribution is 5.89. The highest BCUT2D eigenvalue weighted by Crippen LogP contribution is 2.26. The topological polar surface area (TPSA) is 63.1 Å². The molecule has 3 aromatic rings. The van der Waals surface area contributed by atoms with Crippen LogP contribution in [0.5, 0.6) is 0 Å². The minimum atomic E-state index is -0.430. The standard InChI is InChI=1S/C19H20FN5O/c1-13-6-7-18-17(12-13)22-23-25(18)14-8-10-24(11-9-14)19(26)21-16-5-3-2-4-15(16)20/h2-7,12,14H,8-11H2,1H3,(H,21,26). The van der Waals surface area contributed by atoms with Gasteiger partial charge in [-0.15, -0.1) is 5.10 Å². The summed E-state index contributed by atoms with van der Waals surface area (Å²) in [7, 11) is 0. The molecule has 1 aromatic heterocycles. The van der Waals surface area contributed by atoms with E-state index in [2.05, 4.69) is 21.7 Å². The molecule has 1 N–H and O–H groups in total. The van der Waals surface area contributed by atoms with Crippen LogP contribution in [0.1, 0.15) is 24.4 Å². The number of carbonyl (C=O) groups is 1. The number of amides is 2. The smallest absolute Gasteiger partial charge is 0.321 e. The molecule has 6 nitrogen and oxygen atoms in total. The van der Waals surface area contributed by atoms with Crippen molar-refractivity contribution in [3.8, 4) is 0 Å². The van der Waals surface area contributed by atoms with Gasteiger partial charge in [-0.2, -0.15) is 0 Å². The van der Waals surface area contributed by atoms with E-state index in [0.29, 0.717) is 13.1 Å². The van der Waals surface area contributed by atoms with Crippen LogP contribution in [0.15, 0.2) is 42.5 Å². The van der Waals surface area contributed by atoms with Crippen LogP contribution in [0.3, 0.4) is 0 Å². The largest absolute Gasteiger partial charge is 0.324 e. The first-order chi connectivity index (χ1) is 12.6. The van der Waals surface area contributed by atoms with Gasteiger partial charge in [-0.3, -0.25) is 0 Å². The number of para-hydroxylation sites is 1. The molecule has 2 aromatic carbocycles. The lowest BCUT2D eigenvalue weighted by molar-refractivity contribution is 0.181. The fourth-order valence-electron chi connectivity index (χ4n) is 3.39. The molecule has 0 unspecified atom stereocenters. The first kappa shape index (κ1) is 16.5. The van der Waals surface area contributed by atoms with E-state index in [-0.39, 0.29) is 17.8 Å². The Labute approximate surface area is 150 Å². The number of halogens is 1. The summed E-state index contributed by atoms with van der Waals surface area (Å²) in [5, 5.41) is 11.2. The zero-order chi connectivity index (χ0) is 18.1. The van der Waals surface area contributed by atoms with Crippen LogP contribution in [0, 0.1) is 12.7 Å². The van der Waals surface area contributed by atoms with Crippen molar-refractivity contribution in [3.63, 3.8) is 0 Å². The first-order valence-electron chi connectivity index (χ1n) is 8.74. The van der Waals surface area contributed by atoms with Crippen molar-refractivity contribution >= 4 is 22.8 Å². The third-order valence-electron chi connectivity index (χ3n) is 4.84. The van der Waals surface area contributed by atoms with Crippen LogP contribution in [0.2, 0.25) is 0 Å². The second-order valence-corrected chi connectivity index (χ2v) is 6.65. The zero-order valence-corrected chi connectivity index (χ0v) is 14.5. The van der Waals surface area contributed by atoms with Gasteiger partial charge in [0.15, 0.2) is 0 Å². The Morgan fingerprint density at radius 2 is 1.96 bits per heavy atom. The molecule has 134 valence electrons. The third-order valence-corrected chi connectivity index (χ3v) is 4.84. The summed E-state index contributed by atoms with van der Waals surface area (Å²) in [6.07, 6.45) is 1.58. The second kappa shape index (κ2) is 6.74. The quantitative estimate of drug-likeness (QED) is 0.763. The number of nitrogens with zero attached hydrogens (tertiary/aromatic N) is 4. The van der Waals surface area contributed by atoms with Crippen molar-refractivity contribution in [1.82, 2.24) is 19.9 Å². The Balaban J connectivity index is 1.42. The number of likely N-dealkylation sites (tertiary alicyclic amines) is 1. The molecule has 1 fully saturated rings. The van der Waals surface area contributed by atoms with Crippen LogP contribution in [0.25, 0.3) is 11.0 Å². The fourth-order valence-corrected chi connectivity index (χ4v) is 3.39. The van der Waals surface area contributed by atoms with Crippen LogP contribution in [-0.2, 0) is 0 Å². The molecule has 0 aliphatic carbocycles. The van der Waals surface area contributed by atoms with E-state index in [1.807, 2.05) is 23.7 Å². The van der Waals surface area contributed by atoms with Gasteiger partial charge in [0.1, 0.15) is 11.3 Å². The van der Waals surface area contributed by atoms with Gasteiger partial charge in [0.25, 0.3) is 0 Å². The Morgan fingerprint density at radius 3 is 2.73 bits per heavy atom. The lowest BCUT2D eigenvalue weighted by atomic mass is 10.1. The number of aryl methyl sites for hydroxylation is 1. The molecular weight excluding hydrogens is 333 g/mol. The fraction of sp³-hybridized carbons (Fsp3) is 0.316. The SMILES string of the molecule is Cc1ccc2c(c1)nnn2C1CCN(C(=O)Nc2ccccc2F)CC1. The molecule has 1 aliphatic rings. The predicted molar refractivity (Wildman–Crippen MR) is 97.5 cm³/mol. The van der Waals surface area contributed by atoms with Gasteiger partial charge in [-0.1, -0.05) is 23.4 Å². The number of urea groups is 1. The van der Waals surface area contributed by atoms with Gasteiger partial charge in [0.2, 0.25) is 0 Å². The number of piperidine rings is 1. The van der Waals surface area contributed by atoms with E-state index in [4.69, 9.17) is 0 Å². The first-order valence-corrected chi connectivity index (χ1v) is 8.74. The highest BCUT2D eigenvalue weighted by Gasteiger charge is 2.26. The lowest BCUT2D eigenvalue weighted by Gasteiger charge is -2.32. The number of nitrogens with one attached hydrogen (secondary N) is 1. The van der Waals surface area contributed by atoms with E-state index >= 15 is 0 Å². The van der Waals surface area contributed by atoms with Crippen molar-refractivity contribution in [2.75, 3.05) is 18.4 Å². The normalized spacial score (nSPS) is 15.4. The maximum Gasteiger partial charge on any atom is 0.321 e. The van der Waals surface area contributed by atoms with Crippen LogP contribution >= 0.6 is 0 Å². The van der Waals surface area contributed by atoms with E-state index < -0.39 is 5.82 Å². The average Bonchev–Trinajstić information content (AvgIpc) is 3.06. The predicted octanol–water partition coefficient (Wildman–Crippen LogP) is 3.75. The van der Waals surface area contributed by atoms with Crippen molar-refractivity contribution in [1.29, 1.82) is 0 Å². The number of anilines is 1. The number of rotatable bonds is 2. The van der Waals surface area contributed by atoms with Gasteiger partial charge in [-0.05, 0) is 49.6 Å². The number of fused-ring (bicyclic) bond motifs is 1. The molecule has 0 spiro atoms. The summed E-state index contributed by atoms with van der Waals surface area (Å²) in [5.74, 6) is -0.430. The van der Waals surface area contributed by atoms with Crippen molar-refractivity contribution < 1.29 is 9.18 Å². The molecule has 26 heavy (non-hydrogen) atoms. The molecule has 2 heterocycles. The van der Waals surface area contributed by atoms with Crippen molar-refractivity contribution in [3.05, 3.63) is 53.8 Å². The maximum atomic E-state index is 13.7. The summed E-state index contributed by atoms with van der Waals surface area (Å²) in [4.78, 5) is 14.1. The Bertz CT molecular complexity index is 946. The zero-order valence-electron chi connectivity index (χ0n) is 14.5. The van der Waals surface area contributed by atoms with Gasteiger partial charge in [0, 0.05) is 13.1 Å². The van der Waals surface area contributed by atoms with Crippen molar-refractivity contribution in [2.24, 2.45) is 0 Å². The minimum absolute atomic E-state index is 0.206. The van der Waals surface area contributed by atoms with E-state index in [1.54, 1.807) is 23.1 Å². The Hall–Kier alpha value is -2.96. The molecule has 2 amide bonds. The molecule has 0 radical (unpaired) electrons. The van der Waals surface area contributed by atoms with Crippen LogP contribution in [-0.4, -0.2) is 39.0 Å². The molecule has 0 atom stereocenters. The number of benzene rings is 2. The second-order valence-electron chi connectivity index (χ2n) is 6.65. The Kier molecular flexibility index (Phi) is 4.28. The molecule has 1 saturated heterocycles. The molecule has 0 bridgehead atoms. The molecule has 7 heteroatoms. The summed E-state index contributed by atoms with van der Waals surface area (Å²) in [5.41, 5.74) is 3.27. The van der Waals surface area contributed by atoms with Gasteiger partial charge in [0.05, 0.1) is 17.2 Å². The third kappa shape index (κ3) is 3.12. The number of hydrogen-bond acceptors (Lipinski definition) is 3. The summed E-state index contributed by atoms with van der Waals surface area (Å²) < 4.78 is 15.6.